The van der Waals surface area contributed by atoms with Crippen LogP contribution in [0, 0.1) is 28.7 Å². The molecule has 20 heavy (non-hydrogen) atoms. The number of hydrogen-bond donors (Lipinski definition) is 1. The Morgan fingerprint density at radius 1 is 1.45 bits per heavy atom. The van der Waals surface area contributed by atoms with E-state index in [0.717, 1.165) is 0 Å². The molecular weight excluding hydrogens is 278 g/mol. The number of aryl methyl sites for hydroxylation is 1. The van der Waals surface area contributed by atoms with E-state index >= 15 is 0 Å². The van der Waals surface area contributed by atoms with Gasteiger partial charge in [0.1, 0.15) is 11.4 Å². The smallest absolute Gasteiger partial charge is 0.315 e. The Morgan fingerprint density at radius 2 is 2.15 bits per heavy atom. The van der Waals surface area contributed by atoms with Gasteiger partial charge >= 0.3 is 11.7 Å². The lowest BCUT2D eigenvalue weighted by molar-refractivity contribution is -0.387. The molecule has 1 aromatic heterocycles. The third-order valence-electron chi connectivity index (χ3n) is 2.24. The third-order valence-corrected chi connectivity index (χ3v) is 2.24. The first-order valence-electron chi connectivity index (χ1n) is 5.14. The molecule has 0 saturated carbocycles. The van der Waals surface area contributed by atoms with Gasteiger partial charge in [0.2, 0.25) is 5.82 Å². The highest BCUT2D eigenvalue weighted by molar-refractivity contribution is 6.04. The minimum Gasteiger partial charge on any atom is -0.315 e. The summed E-state index contributed by atoms with van der Waals surface area (Å²) in [5.41, 5.74) is -2.12. The first-order valence-corrected chi connectivity index (χ1v) is 5.14. The molecule has 0 spiro atoms. The molecule has 10 heteroatoms. The average molecular weight is 284 g/mol. The topological polar surface area (TPSA) is 111 Å². The van der Waals surface area contributed by atoms with Gasteiger partial charge in [-0.1, -0.05) is 5.16 Å². The molecule has 2 rings (SSSR count). The number of hydrogen-bond acceptors (Lipinski definition) is 6. The predicted molar refractivity (Wildman–Crippen MR) is 60.0 cm³/mol. The van der Waals surface area contributed by atoms with E-state index < -0.39 is 33.7 Å². The number of halogens is 2. The normalized spacial score (nSPS) is 10.3. The molecule has 1 aromatic carbocycles. The van der Waals surface area contributed by atoms with Crippen LogP contribution in [0.25, 0.3) is 0 Å². The Kier molecular flexibility index (Phi) is 3.37. The molecule has 0 saturated heterocycles. The molecule has 0 aliphatic carbocycles. The fourth-order valence-electron chi connectivity index (χ4n) is 1.40. The Morgan fingerprint density at radius 3 is 2.70 bits per heavy atom. The van der Waals surface area contributed by atoms with Crippen molar-refractivity contribution >= 4 is 17.6 Å². The van der Waals surface area contributed by atoms with Crippen LogP contribution < -0.4 is 5.32 Å². The van der Waals surface area contributed by atoms with Crippen molar-refractivity contribution in [2.24, 2.45) is 0 Å². The summed E-state index contributed by atoms with van der Waals surface area (Å²) in [6, 6.07) is 0.867. The molecule has 0 radical (unpaired) electrons. The van der Waals surface area contributed by atoms with Gasteiger partial charge in [-0.15, -0.1) is 0 Å². The van der Waals surface area contributed by atoms with E-state index in [9.17, 15) is 23.7 Å². The zero-order chi connectivity index (χ0) is 14.9. The van der Waals surface area contributed by atoms with Gasteiger partial charge in [0.25, 0.3) is 5.91 Å². The quantitative estimate of drug-likeness (QED) is 0.679. The molecule has 1 amide bonds. The number of anilines is 1. The molecule has 104 valence electrons. The van der Waals surface area contributed by atoms with E-state index in [-0.39, 0.29) is 11.8 Å². The largest absolute Gasteiger partial charge is 0.328 e. The number of benzene rings is 1. The number of rotatable bonds is 3. The molecule has 2 aromatic rings. The van der Waals surface area contributed by atoms with Gasteiger partial charge < -0.3 is 4.52 Å². The Balaban J connectivity index is 2.38. The van der Waals surface area contributed by atoms with Crippen LogP contribution in [0.4, 0.5) is 20.5 Å². The van der Waals surface area contributed by atoms with Crippen molar-refractivity contribution in [3.8, 4) is 0 Å². The lowest BCUT2D eigenvalue weighted by atomic mass is 10.1. The van der Waals surface area contributed by atoms with Crippen molar-refractivity contribution in [1.82, 2.24) is 10.1 Å². The van der Waals surface area contributed by atoms with Gasteiger partial charge in [0.15, 0.2) is 5.82 Å². The summed E-state index contributed by atoms with van der Waals surface area (Å²) in [5, 5.41) is 15.8. The Labute approximate surface area is 109 Å². The summed E-state index contributed by atoms with van der Waals surface area (Å²) in [5.74, 6) is -3.90. The maximum Gasteiger partial charge on any atom is 0.328 e. The maximum atomic E-state index is 13.7. The first kappa shape index (κ1) is 13.5. The number of carbonyl (C=O) groups is 1. The van der Waals surface area contributed by atoms with Crippen molar-refractivity contribution in [2.75, 3.05) is 5.32 Å². The van der Waals surface area contributed by atoms with Crippen LogP contribution in [0.5, 0.6) is 0 Å². The molecule has 0 aliphatic rings. The summed E-state index contributed by atoms with van der Waals surface area (Å²) in [6.07, 6.45) is 0. The number of amides is 1. The van der Waals surface area contributed by atoms with Gasteiger partial charge in [0.05, 0.1) is 4.92 Å². The molecule has 8 nitrogen and oxygen atoms in total. The van der Waals surface area contributed by atoms with Crippen LogP contribution in [0.3, 0.4) is 0 Å². The lowest BCUT2D eigenvalue weighted by Gasteiger charge is -2.04. The number of nitro benzene ring substituents is 1. The molecule has 0 fully saturated rings. The zero-order valence-electron chi connectivity index (χ0n) is 9.89. The van der Waals surface area contributed by atoms with Crippen LogP contribution >= 0.6 is 0 Å². The fraction of sp³-hybridized carbons (Fsp3) is 0.100. The summed E-state index contributed by atoms with van der Waals surface area (Å²) < 4.78 is 31.7. The summed E-state index contributed by atoms with van der Waals surface area (Å²) in [4.78, 5) is 24.8. The monoisotopic (exact) mass is 284 g/mol. The molecule has 0 unspecified atom stereocenters. The van der Waals surface area contributed by atoms with Crippen LogP contribution in [-0.2, 0) is 0 Å². The standard InChI is InChI=1S/C10H6F2N4O4/c1-4-13-10(20-15-4)14-9(17)7-5(11)2-3-6(8(7)12)16(18)19/h2-3H,1H3,(H,13,14,15,17). The number of nitro groups is 1. The van der Waals surface area contributed by atoms with E-state index in [0.29, 0.717) is 12.1 Å². The minimum atomic E-state index is -1.58. The van der Waals surface area contributed by atoms with Crippen molar-refractivity contribution in [3.63, 3.8) is 0 Å². The lowest BCUT2D eigenvalue weighted by Crippen LogP contribution is -2.17. The van der Waals surface area contributed by atoms with Crippen molar-refractivity contribution < 1.29 is 23.0 Å². The van der Waals surface area contributed by atoms with Crippen molar-refractivity contribution in [3.05, 3.63) is 45.3 Å². The van der Waals surface area contributed by atoms with E-state index in [4.69, 9.17) is 0 Å². The van der Waals surface area contributed by atoms with Crippen molar-refractivity contribution in [1.29, 1.82) is 0 Å². The van der Waals surface area contributed by atoms with E-state index in [1.807, 2.05) is 5.32 Å². The highest BCUT2D eigenvalue weighted by Crippen LogP contribution is 2.23. The molecule has 1 heterocycles. The molecule has 0 bridgehead atoms. The van der Waals surface area contributed by atoms with Crippen LogP contribution in [-0.4, -0.2) is 21.0 Å². The first-order chi connectivity index (χ1) is 9.40. The fourth-order valence-corrected chi connectivity index (χ4v) is 1.40. The van der Waals surface area contributed by atoms with Gasteiger partial charge in [-0.05, 0) is 13.0 Å². The summed E-state index contributed by atoms with van der Waals surface area (Å²) in [7, 11) is 0. The number of nitrogens with zero attached hydrogens (tertiary/aromatic N) is 3. The molecule has 0 atom stereocenters. The molecule has 0 aliphatic heterocycles. The number of nitrogens with one attached hydrogen (secondary N) is 1. The van der Waals surface area contributed by atoms with Crippen LogP contribution in [0.2, 0.25) is 0 Å². The second kappa shape index (κ2) is 4.99. The predicted octanol–water partition coefficient (Wildman–Crippen LogP) is 1.82. The zero-order valence-corrected chi connectivity index (χ0v) is 9.89. The number of carbonyl (C=O) groups excluding carboxylic acids is 1. The van der Waals surface area contributed by atoms with Gasteiger partial charge in [-0.2, -0.15) is 9.37 Å². The second-order valence-electron chi connectivity index (χ2n) is 3.61. The maximum absolute atomic E-state index is 13.7. The van der Waals surface area contributed by atoms with Gasteiger partial charge in [0, 0.05) is 6.07 Å². The average Bonchev–Trinajstić information content (AvgIpc) is 2.74. The highest BCUT2D eigenvalue weighted by Gasteiger charge is 2.27. The second-order valence-corrected chi connectivity index (χ2v) is 3.61. The van der Waals surface area contributed by atoms with E-state index in [1.165, 1.54) is 6.92 Å². The van der Waals surface area contributed by atoms with Crippen molar-refractivity contribution in [2.45, 2.75) is 6.92 Å². The SMILES string of the molecule is Cc1noc(NC(=O)c2c(F)ccc([N+](=O)[O-])c2F)n1. The van der Waals surface area contributed by atoms with Crippen LogP contribution in [0.15, 0.2) is 16.7 Å². The third kappa shape index (κ3) is 2.43. The highest BCUT2D eigenvalue weighted by atomic mass is 19.1. The summed E-state index contributed by atoms with van der Waals surface area (Å²) in [6.45, 7) is 1.47. The van der Waals surface area contributed by atoms with Crippen LogP contribution in [0.1, 0.15) is 16.2 Å². The van der Waals surface area contributed by atoms with Gasteiger partial charge in [-0.25, -0.2) is 4.39 Å². The molecular formula is C10H6F2N4O4. The minimum absolute atomic E-state index is 0.195. The van der Waals surface area contributed by atoms with E-state index in [2.05, 4.69) is 14.7 Å². The number of aromatic nitrogens is 2. The van der Waals surface area contributed by atoms with Gasteiger partial charge in [-0.3, -0.25) is 20.2 Å². The Hall–Kier alpha value is -2.91. The molecule has 1 N–H and O–H groups in total. The summed E-state index contributed by atoms with van der Waals surface area (Å²) >= 11 is 0. The Bertz CT molecular complexity index is 701. The van der Waals surface area contributed by atoms with E-state index in [1.54, 1.807) is 0 Å².